The summed E-state index contributed by atoms with van der Waals surface area (Å²) in [5.74, 6) is 0. The molecule has 0 aromatic carbocycles. The molecule has 1 fully saturated rings. The van der Waals surface area contributed by atoms with Crippen LogP contribution in [-0.4, -0.2) is 26.2 Å². The van der Waals surface area contributed by atoms with E-state index in [0.29, 0.717) is 0 Å². The number of aromatic amines is 2. The van der Waals surface area contributed by atoms with Crippen LogP contribution in [0.1, 0.15) is 13.8 Å². The van der Waals surface area contributed by atoms with Gasteiger partial charge in [-0.2, -0.15) is 0 Å². The van der Waals surface area contributed by atoms with Crippen LogP contribution in [0.3, 0.4) is 0 Å². The molecule has 0 saturated carbocycles. The number of rotatable bonds is 2. The minimum Gasteiger partial charge on any atom is -0.365 e. The molecular weight excluding hydrogens is 202 g/mol. The molecule has 2 rings (SSSR count). The third kappa shape index (κ3) is 1.65. The topological polar surface area (TPSA) is 100 Å². The maximum atomic E-state index is 11.3. The van der Waals surface area contributed by atoms with Crippen molar-refractivity contribution in [1.29, 1.82) is 0 Å². The monoisotopic (exact) mass is 213 g/mol. The van der Waals surface area contributed by atoms with Crippen molar-refractivity contribution in [1.82, 2.24) is 14.5 Å². The first-order valence-electron chi connectivity index (χ1n) is 4.54. The van der Waals surface area contributed by atoms with Gasteiger partial charge in [0.15, 0.2) is 0 Å². The lowest BCUT2D eigenvalue weighted by atomic mass is 10.1. The van der Waals surface area contributed by atoms with Gasteiger partial charge in [0, 0.05) is 0 Å². The van der Waals surface area contributed by atoms with E-state index in [-0.39, 0.29) is 12.6 Å². The summed E-state index contributed by atoms with van der Waals surface area (Å²) in [5.41, 5.74) is -2.72. The Kier molecular flexibility index (Phi) is 1.93. The second kappa shape index (κ2) is 2.93. The van der Waals surface area contributed by atoms with Gasteiger partial charge in [0.2, 0.25) is 0 Å². The molecule has 7 heteroatoms. The molecule has 0 amide bonds. The van der Waals surface area contributed by atoms with Gasteiger partial charge in [-0.05, 0) is 13.8 Å². The number of H-pyrrole nitrogens is 2. The van der Waals surface area contributed by atoms with Gasteiger partial charge in [0.1, 0.15) is 5.60 Å². The Morgan fingerprint density at radius 3 is 2.20 bits per heavy atom. The fourth-order valence-electron chi connectivity index (χ4n) is 1.45. The van der Waals surface area contributed by atoms with Crippen LogP contribution in [0.2, 0.25) is 0 Å². The third-order valence-electron chi connectivity index (χ3n) is 2.65. The second-order valence-corrected chi connectivity index (χ2v) is 3.85. The third-order valence-corrected chi connectivity index (χ3v) is 2.65. The largest absolute Gasteiger partial charge is 0.365 e. The van der Waals surface area contributed by atoms with E-state index in [2.05, 4.69) is 0 Å². The van der Waals surface area contributed by atoms with E-state index in [0.717, 1.165) is 4.57 Å². The van der Waals surface area contributed by atoms with Gasteiger partial charge in [0.25, 0.3) is 0 Å². The maximum Gasteiger partial charge on any atom is 0.333 e. The van der Waals surface area contributed by atoms with E-state index < -0.39 is 22.7 Å². The number of aromatic nitrogens is 3. The molecule has 82 valence electrons. The average molecular weight is 213 g/mol. The molecule has 1 aliphatic heterocycles. The summed E-state index contributed by atoms with van der Waals surface area (Å²) in [6.07, 6.45) is 0.00993. The highest BCUT2D eigenvalue weighted by Gasteiger charge is 2.49. The predicted octanol–water partition coefficient (Wildman–Crippen LogP) is -1.60. The Balaban J connectivity index is 2.42. The van der Waals surface area contributed by atoms with Crippen LogP contribution in [-0.2, 0) is 11.3 Å². The number of hydrogen-bond donors (Lipinski definition) is 2. The molecular formula is C8H11N3O4. The highest BCUT2D eigenvalue weighted by Crippen LogP contribution is 2.36. The molecule has 0 aliphatic carbocycles. The van der Waals surface area contributed by atoms with E-state index in [1.54, 1.807) is 6.92 Å². The Labute approximate surface area is 83.7 Å². The first-order valence-corrected chi connectivity index (χ1v) is 4.54. The van der Waals surface area contributed by atoms with Crippen LogP contribution in [0.4, 0.5) is 0 Å². The van der Waals surface area contributed by atoms with Crippen molar-refractivity contribution in [2.45, 2.75) is 32.1 Å². The lowest BCUT2D eigenvalue weighted by Crippen LogP contribution is -2.45. The van der Waals surface area contributed by atoms with Crippen LogP contribution in [0.5, 0.6) is 0 Å². The van der Waals surface area contributed by atoms with E-state index in [4.69, 9.17) is 4.74 Å². The molecule has 2 N–H and O–H groups in total. The van der Waals surface area contributed by atoms with Crippen molar-refractivity contribution in [3.63, 3.8) is 0 Å². The van der Waals surface area contributed by atoms with Crippen LogP contribution < -0.4 is 17.1 Å². The quantitative estimate of drug-likeness (QED) is 0.578. The first-order chi connectivity index (χ1) is 6.92. The molecule has 0 bridgehead atoms. The van der Waals surface area contributed by atoms with Crippen LogP contribution in [0.15, 0.2) is 14.4 Å². The smallest absolute Gasteiger partial charge is 0.333 e. The number of nitrogens with zero attached hydrogens (tertiary/aromatic N) is 1. The molecule has 15 heavy (non-hydrogen) atoms. The molecule has 2 atom stereocenters. The van der Waals surface area contributed by atoms with Crippen LogP contribution in [0, 0.1) is 0 Å². The molecule has 2 unspecified atom stereocenters. The van der Waals surface area contributed by atoms with Gasteiger partial charge in [-0.25, -0.2) is 19.0 Å². The molecule has 0 radical (unpaired) electrons. The molecule has 1 aromatic heterocycles. The van der Waals surface area contributed by atoms with Gasteiger partial charge >= 0.3 is 17.1 Å². The highest BCUT2D eigenvalue weighted by atomic mass is 16.6. The summed E-state index contributed by atoms with van der Waals surface area (Å²) in [6, 6.07) is 0. The van der Waals surface area contributed by atoms with E-state index in [1.165, 1.54) is 0 Å². The Morgan fingerprint density at radius 1 is 1.33 bits per heavy atom. The molecule has 1 aromatic rings. The maximum absolute atomic E-state index is 11.3. The summed E-state index contributed by atoms with van der Waals surface area (Å²) in [6.45, 7) is 3.79. The molecule has 1 saturated heterocycles. The summed E-state index contributed by atoms with van der Waals surface area (Å²) in [4.78, 5) is 37.3. The highest BCUT2D eigenvalue weighted by molar-refractivity contribution is 4.96. The van der Waals surface area contributed by atoms with Crippen molar-refractivity contribution in [3.8, 4) is 0 Å². The number of ether oxygens (including phenoxy) is 1. The molecule has 1 aliphatic rings. The Bertz CT molecular complexity index is 520. The normalized spacial score (nSPS) is 29.1. The Hall–Kier alpha value is -1.63. The second-order valence-electron chi connectivity index (χ2n) is 3.85. The lowest BCUT2D eigenvalue weighted by molar-refractivity contribution is 0.279. The van der Waals surface area contributed by atoms with Crippen molar-refractivity contribution in [2.75, 3.05) is 0 Å². The number of nitrogens with one attached hydrogen (secondary N) is 2. The average Bonchev–Trinajstić information content (AvgIpc) is 2.68. The predicted molar refractivity (Wildman–Crippen MR) is 50.9 cm³/mol. The lowest BCUT2D eigenvalue weighted by Gasteiger charge is -2.06. The summed E-state index contributed by atoms with van der Waals surface area (Å²) in [7, 11) is 0. The fraction of sp³-hybridized carbons (Fsp3) is 0.625. The minimum atomic E-state index is -0.795. The Morgan fingerprint density at radius 2 is 1.80 bits per heavy atom. The van der Waals surface area contributed by atoms with Crippen LogP contribution in [0.25, 0.3) is 0 Å². The summed E-state index contributed by atoms with van der Waals surface area (Å²) >= 11 is 0. The van der Waals surface area contributed by atoms with Crippen molar-refractivity contribution >= 4 is 0 Å². The van der Waals surface area contributed by atoms with Crippen molar-refractivity contribution in [3.05, 3.63) is 31.5 Å². The standard InChI is InChI=1S/C8H11N3O4/c1-4-8(2,15-4)3-11-6(13)9-5(12)10-7(11)14/h4H,3H2,1-2H3,(H2,9,10,12,13,14). The molecule has 2 heterocycles. The molecule has 0 spiro atoms. The van der Waals surface area contributed by atoms with Crippen molar-refractivity contribution < 1.29 is 4.74 Å². The van der Waals surface area contributed by atoms with E-state index in [1.807, 2.05) is 16.9 Å². The first kappa shape index (κ1) is 9.91. The zero-order valence-electron chi connectivity index (χ0n) is 8.36. The van der Waals surface area contributed by atoms with Crippen LogP contribution >= 0.6 is 0 Å². The van der Waals surface area contributed by atoms with Gasteiger partial charge in [0.05, 0.1) is 12.6 Å². The zero-order chi connectivity index (χ0) is 11.2. The molecule has 7 nitrogen and oxygen atoms in total. The van der Waals surface area contributed by atoms with E-state index >= 15 is 0 Å². The van der Waals surface area contributed by atoms with Gasteiger partial charge in [-0.15, -0.1) is 0 Å². The number of hydrogen-bond acceptors (Lipinski definition) is 4. The van der Waals surface area contributed by atoms with Gasteiger partial charge in [-0.3, -0.25) is 9.97 Å². The summed E-state index contributed by atoms with van der Waals surface area (Å²) < 4.78 is 6.17. The fourth-order valence-corrected chi connectivity index (χ4v) is 1.45. The summed E-state index contributed by atoms with van der Waals surface area (Å²) in [5, 5.41) is 0. The minimum absolute atomic E-state index is 0.00993. The number of epoxide rings is 1. The van der Waals surface area contributed by atoms with Gasteiger partial charge in [-0.1, -0.05) is 0 Å². The van der Waals surface area contributed by atoms with E-state index in [9.17, 15) is 14.4 Å². The SMILES string of the molecule is CC1OC1(C)Cn1c(=O)[nH]c(=O)[nH]c1=O. The zero-order valence-corrected chi connectivity index (χ0v) is 8.36. The van der Waals surface area contributed by atoms with Crippen molar-refractivity contribution in [2.24, 2.45) is 0 Å². The van der Waals surface area contributed by atoms with Gasteiger partial charge < -0.3 is 4.74 Å².